The van der Waals surface area contributed by atoms with E-state index in [1.165, 1.54) is 0 Å². The molecule has 0 saturated carbocycles. The van der Waals surface area contributed by atoms with Gasteiger partial charge >= 0.3 is 0 Å². The minimum Gasteiger partial charge on any atom is -0.396 e. The van der Waals surface area contributed by atoms with Crippen molar-refractivity contribution >= 4 is 5.91 Å². The molecule has 1 saturated heterocycles. The van der Waals surface area contributed by atoms with Crippen molar-refractivity contribution < 1.29 is 9.90 Å². The first-order valence-electron chi connectivity index (χ1n) is 6.39. The number of likely N-dealkylation sites (tertiary alicyclic amines) is 1. The molecule has 0 radical (unpaired) electrons. The normalized spacial score (nSPS) is 22.8. The molecule has 1 amide bonds. The van der Waals surface area contributed by atoms with Gasteiger partial charge in [-0.2, -0.15) is 0 Å². The van der Waals surface area contributed by atoms with Crippen LogP contribution < -0.4 is 5.32 Å². The van der Waals surface area contributed by atoms with Crippen LogP contribution in [-0.4, -0.2) is 47.7 Å². The highest BCUT2D eigenvalue weighted by atomic mass is 16.3. The molecule has 2 N–H and O–H groups in total. The van der Waals surface area contributed by atoms with E-state index >= 15 is 0 Å². The lowest BCUT2D eigenvalue weighted by atomic mass is 10.1. The molecule has 1 fully saturated rings. The molecule has 2 atom stereocenters. The summed E-state index contributed by atoms with van der Waals surface area (Å²) in [5.74, 6) is 0.216. The number of amides is 1. The summed E-state index contributed by atoms with van der Waals surface area (Å²) < 4.78 is 0. The molecule has 0 aromatic heterocycles. The van der Waals surface area contributed by atoms with E-state index in [4.69, 9.17) is 5.11 Å². The van der Waals surface area contributed by atoms with Gasteiger partial charge in [-0.1, -0.05) is 13.8 Å². The minimum atomic E-state index is 0.00712. The molecule has 94 valence electrons. The molecular weight excluding hydrogens is 204 g/mol. The molecule has 4 nitrogen and oxygen atoms in total. The highest BCUT2D eigenvalue weighted by molar-refractivity contribution is 5.84. The van der Waals surface area contributed by atoms with Crippen molar-refractivity contribution in [1.82, 2.24) is 10.2 Å². The topological polar surface area (TPSA) is 52.6 Å². The van der Waals surface area contributed by atoms with Crippen LogP contribution in [0.3, 0.4) is 0 Å². The molecule has 4 heteroatoms. The molecule has 0 aromatic rings. The predicted molar refractivity (Wildman–Crippen MR) is 64.2 cm³/mol. The molecule has 1 aliphatic heterocycles. The first-order valence-corrected chi connectivity index (χ1v) is 6.39. The Bertz CT molecular complexity index is 221. The standard InChI is InChI=1S/C12H24N2O2/c1-3-7-13-11-5-8-14(12(11)16)10(4-2)6-9-15/h10-11,13,15H,3-9H2,1-2H3. The van der Waals surface area contributed by atoms with E-state index in [0.29, 0.717) is 6.42 Å². The van der Waals surface area contributed by atoms with Crippen LogP contribution in [-0.2, 0) is 4.79 Å². The fourth-order valence-electron chi connectivity index (χ4n) is 2.30. The molecule has 0 spiro atoms. The van der Waals surface area contributed by atoms with Gasteiger partial charge in [-0.15, -0.1) is 0 Å². The van der Waals surface area contributed by atoms with Gasteiger partial charge in [-0.25, -0.2) is 0 Å². The average Bonchev–Trinajstić information content (AvgIpc) is 2.65. The number of nitrogens with zero attached hydrogens (tertiary/aromatic N) is 1. The Morgan fingerprint density at radius 2 is 2.31 bits per heavy atom. The summed E-state index contributed by atoms with van der Waals surface area (Å²) in [4.78, 5) is 14.0. The number of hydrogen-bond acceptors (Lipinski definition) is 3. The van der Waals surface area contributed by atoms with E-state index in [1.807, 2.05) is 4.90 Å². The molecule has 0 aromatic carbocycles. The van der Waals surface area contributed by atoms with Crippen molar-refractivity contribution in [3.8, 4) is 0 Å². The maximum Gasteiger partial charge on any atom is 0.240 e. The first-order chi connectivity index (χ1) is 7.74. The number of hydrogen-bond donors (Lipinski definition) is 2. The molecule has 0 aliphatic carbocycles. The second kappa shape index (κ2) is 6.86. The lowest BCUT2D eigenvalue weighted by molar-refractivity contribution is -0.131. The number of rotatable bonds is 7. The summed E-state index contributed by atoms with van der Waals surface area (Å²) in [6.45, 7) is 6.07. The van der Waals surface area contributed by atoms with E-state index in [1.54, 1.807) is 0 Å². The van der Waals surface area contributed by atoms with Crippen LogP contribution in [0, 0.1) is 0 Å². The Kier molecular flexibility index (Phi) is 5.77. The Balaban J connectivity index is 2.48. The van der Waals surface area contributed by atoms with Crippen molar-refractivity contribution in [2.24, 2.45) is 0 Å². The van der Waals surface area contributed by atoms with Crippen LogP contribution in [0.4, 0.5) is 0 Å². The number of carbonyl (C=O) groups is 1. The van der Waals surface area contributed by atoms with Crippen molar-refractivity contribution in [1.29, 1.82) is 0 Å². The van der Waals surface area contributed by atoms with Crippen LogP contribution in [0.1, 0.15) is 39.5 Å². The Labute approximate surface area is 98.0 Å². The fraction of sp³-hybridized carbons (Fsp3) is 0.917. The zero-order valence-corrected chi connectivity index (χ0v) is 10.4. The van der Waals surface area contributed by atoms with Gasteiger partial charge in [0.1, 0.15) is 0 Å². The summed E-state index contributed by atoms with van der Waals surface area (Å²) in [5, 5.41) is 12.2. The molecule has 2 unspecified atom stereocenters. The highest BCUT2D eigenvalue weighted by Gasteiger charge is 2.34. The average molecular weight is 228 g/mol. The van der Waals surface area contributed by atoms with Crippen molar-refractivity contribution in [2.75, 3.05) is 19.7 Å². The monoisotopic (exact) mass is 228 g/mol. The third kappa shape index (κ3) is 3.19. The predicted octanol–water partition coefficient (Wildman–Crippen LogP) is 0.748. The van der Waals surface area contributed by atoms with E-state index in [-0.39, 0.29) is 24.6 Å². The number of aliphatic hydroxyl groups is 1. The van der Waals surface area contributed by atoms with E-state index in [0.717, 1.165) is 32.4 Å². The lowest BCUT2D eigenvalue weighted by Crippen LogP contribution is -2.43. The van der Waals surface area contributed by atoms with Crippen LogP contribution in [0.15, 0.2) is 0 Å². The summed E-state index contributed by atoms with van der Waals surface area (Å²) in [6, 6.07) is 0.221. The van der Waals surface area contributed by atoms with E-state index < -0.39 is 0 Å². The van der Waals surface area contributed by atoms with Gasteiger partial charge in [0.05, 0.1) is 6.04 Å². The van der Waals surface area contributed by atoms with Crippen molar-refractivity contribution in [2.45, 2.75) is 51.6 Å². The smallest absolute Gasteiger partial charge is 0.240 e. The maximum absolute atomic E-state index is 12.1. The molecular formula is C12H24N2O2. The SMILES string of the molecule is CCCNC1CCN(C(CC)CCO)C1=O. The second-order valence-electron chi connectivity index (χ2n) is 4.40. The van der Waals surface area contributed by atoms with Crippen LogP contribution in [0.25, 0.3) is 0 Å². The molecule has 1 rings (SSSR count). The van der Waals surface area contributed by atoms with Gasteiger partial charge in [-0.05, 0) is 32.2 Å². The van der Waals surface area contributed by atoms with Crippen LogP contribution in [0.5, 0.6) is 0 Å². The molecule has 0 bridgehead atoms. The summed E-state index contributed by atoms with van der Waals surface area (Å²) in [5.41, 5.74) is 0. The summed E-state index contributed by atoms with van der Waals surface area (Å²) in [6.07, 6.45) is 3.58. The third-order valence-corrected chi connectivity index (χ3v) is 3.25. The van der Waals surface area contributed by atoms with Crippen molar-refractivity contribution in [3.63, 3.8) is 0 Å². The molecule has 16 heavy (non-hydrogen) atoms. The van der Waals surface area contributed by atoms with Gasteiger partial charge in [0, 0.05) is 19.2 Å². The highest BCUT2D eigenvalue weighted by Crippen LogP contribution is 2.18. The molecule has 1 heterocycles. The maximum atomic E-state index is 12.1. The third-order valence-electron chi connectivity index (χ3n) is 3.25. The largest absolute Gasteiger partial charge is 0.396 e. The van der Waals surface area contributed by atoms with E-state index in [9.17, 15) is 4.79 Å². The molecule has 1 aliphatic rings. The number of nitrogens with one attached hydrogen (secondary N) is 1. The minimum absolute atomic E-state index is 0.00712. The van der Waals surface area contributed by atoms with Gasteiger partial charge in [-0.3, -0.25) is 4.79 Å². The van der Waals surface area contributed by atoms with Gasteiger partial charge < -0.3 is 15.3 Å². The summed E-state index contributed by atoms with van der Waals surface area (Å²) in [7, 11) is 0. The van der Waals surface area contributed by atoms with E-state index in [2.05, 4.69) is 19.2 Å². The van der Waals surface area contributed by atoms with Crippen molar-refractivity contribution in [3.05, 3.63) is 0 Å². The Morgan fingerprint density at radius 1 is 1.56 bits per heavy atom. The first kappa shape index (κ1) is 13.5. The van der Waals surface area contributed by atoms with Gasteiger partial charge in [0.25, 0.3) is 0 Å². The van der Waals surface area contributed by atoms with Gasteiger partial charge in [0.15, 0.2) is 0 Å². The Morgan fingerprint density at radius 3 is 2.88 bits per heavy atom. The Hall–Kier alpha value is -0.610. The van der Waals surface area contributed by atoms with Crippen LogP contribution >= 0.6 is 0 Å². The summed E-state index contributed by atoms with van der Waals surface area (Å²) >= 11 is 0. The van der Waals surface area contributed by atoms with Gasteiger partial charge in [0.2, 0.25) is 5.91 Å². The number of aliphatic hydroxyl groups excluding tert-OH is 1. The van der Waals surface area contributed by atoms with Crippen LogP contribution in [0.2, 0.25) is 0 Å². The fourth-order valence-corrected chi connectivity index (χ4v) is 2.30. The zero-order chi connectivity index (χ0) is 12.0. The zero-order valence-electron chi connectivity index (χ0n) is 10.4. The lowest BCUT2D eigenvalue weighted by Gasteiger charge is -2.26. The number of carbonyl (C=O) groups excluding carboxylic acids is 1. The quantitative estimate of drug-likeness (QED) is 0.676. The second-order valence-corrected chi connectivity index (χ2v) is 4.40.